The smallest absolute Gasteiger partial charge is 0.0818 e. The molecule has 0 heterocycles. The molecule has 1 N–H and O–H groups in total. The summed E-state index contributed by atoms with van der Waals surface area (Å²) in [6, 6.07) is 12.3. The van der Waals surface area contributed by atoms with Crippen LogP contribution in [0.1, 0.15) is 0 Å². The van der Waals surface area contributed by atoms with Crippen LogP contribution in [0.25, 0.3) is 0 Å². The Morgan fingerprint density at radius 2 is 2.00 bits per heavy atom. The molecular formula is C13H23NSi2. The second-order valence-electron chi connectivity index (χ2n) is 4.83. The van der Waals surface area contributed by atoms with E-state index < -0.39 is 8.07 Å². The van der Waals surface area contributed by atoms with E-state index in [0.29, 0.717) is 0 Å². The van der Waals surface area contributed by atoms with E-state index in [2.05, 4.69) is 61.0 Å². The fourth-order valence-electron chi connectivity index (χ4n) is 1.76. The molecule has 0 bridgehead atoms. The Labute approximate surface area is 103 Å². The lowest BCUT2D eigenvalue weighted by atomic mass is 10.4. The fourth-order valence-corrected chi connectivity index (χ4v) is 4.61. The van der Waals surface area contributed by atoms with Gasteiger partial charge in [-0.2, -0.15) is 0 Å². The van der Waals surface area contributed by atoms with Crippen molar-refractivity contribution in [2.75, 3.05) is 12.7 Å². The minimum Gasteiger partial charge on any atom is -0.320 e. The van der Waals surface area contributed by atoms with E-state index in [9.17, 15) is 0 Å². The molecule has 0 radical (unpaired) electrons. The van der Waals surface area contributed by atoms with Gasteiger partial charge in [-0.15, -0.1) is 12.3 Å². The van der Waals surface area contributed by atoms with Gasteiger partial charge in [0.05, 0.1) is 17.6 Å². The molecule has 0 fully saturated rings. The summed E-state index contributed by atoms with van der Waals surface area (Å²) in [4.78, 5) is 0. The molecule has 16 heavy (non-hydrogen) atoms. The maximum Gasteiger partial charge on any atom is 0.0818 e. The molecule has 1 aromatic carbocycles. The topological polar surface area (TPSA) is 12.0 Å². The number of benzene rings is 1. The van der Waals surface area contributed by atoms with Crippen LogP contribution >= 0.6 is 0 Å². The Morgan fingerprint density at radius 1 is 1.31 bits per heavy atom. The maximum atomic E-state index is 3.79. The summed E-state index contributed by atoms with van der Waals surface area (Å²) in [6.07, 6.45) is 1.20. The summed E-state index contributed by atoms with van der Waals surface area (Å²) in [5, 5.41) is 5.10. The van der Waals surface area contributed by atoms with Crippen LogP contribution in [0.2, 0.25) is 19.1 Å². The Bertz CT molecular complexity index is 309. The van der Waals surface area contributed by atoms with Crippen molar-refractivity contribution in [2.45, 2.75) is 19.1 Å². The first-order valence-corrected chi connectivity index (χ1v) is 11.1. The molecule has 0 saturated heterocycles. The monoisotopic (exact) mass is 249 g/mol. The van der Waals surface area contributed by atoms with Crippen molar-refractivity contribution >= 4 is 22.8 Å². The Kier molecular flexibility index (Phi) is 5.73. The van der Waals surface area contributed by atoms with Crippen LogP contribution in [0, 0.1) is 0 Å². The second-order valence-corrected chi connectivity index (χ2v) is 11.3. The SMILES string of the molecule is C=C[SiH2]CNCC[Si](C)(C)c1ccccc1. The zero-order valence-electron chi connectivity index (χ0n) is 10.5. The number of hydrogen-bond acceptors (Lipinski definition) is 1. The van der Waals surface area contributed by atoms with Gasteiger partial charge in [-0.05, 0) is 18.8 Å². The third-order valence-electron chi connectivity index (χ3n) is 3.01. The van der Waals surface area contributed by atoms with Crippen LogP contribution in [-0.4, -0.2) is 30.3 Å². The molecule has 1 aromatic rings. The van der Waals surface area contributed by atoms with Gasteiger partial charge in [-0.1, -0.05) is 48.6 Å². The predicted molar refractivity (Wildman–Crippen MR) is 80.0 cm³/mol. The van der Waals surface area contributed by atoms with Gasteiger partial charge >= 0.3 is 0 Å². The van der Waals surface area contributed by atoms with Crippen molar-refractivity contribution in [1.29, 1.82) is 0 Å². The van der Waals surface area contributed by atoms with E-state index in [-0.39, 0.29) is 9.52 Å². The Morgan fingerprint density at radius 3 is 2.62 bits per heavy atom. The molecule has 88 valence electrons. The zero-order chi connectivity index (χ0) is 11.9. The number of rotatable bonds is 7. The summed E-state index contributed by atoms with van der Waals surface area (Å²) in [6.45, 7) is 9.85. The third-order valence-corrected chi connectivity index (χ3v) is 7.45. The van der Waals surface area contributed by atoms with Crippen LogP contribution in [0.4, 0.5) is 0 Å². The molecule has 0 unspecified atom stereocenters. The lowest BCUT2D eigenvalue weighted by Gasteiger charge is -2.23. The highest BCUT2D eigenvalue weighted by atomic mass is 28.3. The largest absolute Gasteiger partial charge is 0.320 e. The van der Waals surface area contributed by atoms with Crippen molar-refractivity contribution < 1.29 is 0 Å². The normalized spacial score (nSPS) is 12.1. The highest BCUT2D eigenvalue weighted by Gasteiger charge is 2.21. The summed E-state index contributed by atoms with van der Waals surface area (Å²) in [5.74, 6) is 0. The molecule has 0 aliphatic heterocycles. The van der Waals surface area contributed by atoms with Gasteiger partial charge in [0.15, 0.2) is 0 Å². The van der Waals surface area contributed by atoms with E-state index in [4.69, 9.17) is 0 Å². The molecule has 3 heteroatoms. The van der Waals surface area contributed by atoms with E-state index >= 15 is 0 Å². The molecule has 0 aliphatic rings. The Hall–Kier alpha value is -0.646. The van der Waals surface area contributed by atoms with Crippen LogP contribution in [0.15, 0.2) is 42.6 Å². The third kappa shape index (κ3) is 4.47. The van der Waals surface area contributed by atoms with E-state index in [0.717, 1.165) is 6.54 Å². The van der Waals surface area contributed by atoms with Crippen molar-refractivity contribution in [3.8, 4) is 0 Å². The van der Waals surface area contributed by atoms with Gasteiger partial charge in [0.2, 0.25) is 0 Å². The maximum absolute atomic E-state index is 3.79. The highest BCUT2D eigenvalue weighted by Crippen LogP contribution is 2.08. The second kappa shape index (κ2) is 6.83. The van der Waals surface area contributed by atoms with Gasteiger partial charge < -0.3 is 5.32 Å². The fraction of sp³-hybridized carbons (Fsp3) is 0.385. The first kappa shape index (κ1) is 13.4. The predicted octanol–water partition coefficient (Wildman–Crippen LogP) is 1.46. The van der Waals surface area contributed by atoms with Gasteiger partial charge in [-0.25, -0.2) is 0 Å². The molecule has 0 atom stereocenters. The standard InChI is InChI=1S/C13H23NSi2/c1-4-15-12-14-10-11-16(2,3)13-8-6-5-7-9-13/h4-9,14H,1,10-12,15H2,2-3H3. The quantitative estimate of drug-likeness (QED) is 0.570. The lowest BCUT2D eigenvalue weighted by molar-refractivity contribution is 0.821. The molecule has 0 saturated carbocycles. The van der Waals surface area contributed by atoms with E-state index in [1.165, 1.54) is 12.2 Å². The van der Waals surface area contributed by atoms with Gasteiger partial charge in [0.1, 0.15) is 0 Å². The molecular weight excluding hydrogens is 226 g/mol. The number of nitrogens with one attached hydrogen (secondary N) is 1. The molecule has 0 amide bonds. The highest BCUT2D eigenvalue weighted by molar-refractivity contribution is 6.89. The summed E-state index contributed by atoms with van der Waals surface area (Å²) in [5.41, 5.74) is 2.10. The minimum absolute atomic E-state index is 0.0370. The Balaban J connectivity index is 2.37. The van der Waals surface area contributed by atoms with E-state index in [1.54, 1.807) is 5.19 Å². The molecule has 0 aromatic heterocycles. The minimum atomic E-state index is -1.21. The van der Waals surface area contributed by atoms with Crippen LogP contribution < -0.4 is 10.5 Å². The molecule has 0 aliphatic carbocycles. The summed E-state index contributed by atoms with van der Waals surface area (Å²) < 4.78 is 0. The van der Waals surface area contributed by atoms with Crippen molar-refractivity contribution in [2.24, 2.45) is 0 Å². The summed E-state index contributed by atoms with van der Waals surface area (Å²) in [7, 11) is -1.25. The molecule has 1 rings (SSSR count). The zero-order valence-corrected chi connectivity index (χ0v) is 12.9. The number of hydrogen-bond donors (Lipinski definition) is 1. The lowest BCUT2D eigenvalue weighted by Crippen LogP contribution is -2.43. The van der Waals surface area contributed by atoms with Crippen molar-refractivity contribution in [3.05, 3.63) is 42.6 Å². The van der Waals surface area contributed by atoms with Crippen LogP contribution in [0.3, 0.4) is 0 Å². The average Bonchev–Trinajstić information content (AvgIpc) is 2.30. The van der Waals surface area contributed by atoms with Crippen molar-refractivity contribution in [1.82, 2.24) is 5.32 Å². The van der Waals surface area contributed by atoms with Crippen LogP contribution in [-0.2, 0) is 0 Å². The first-order valence-electron chi connectivity index (χ1n) is 6.04. The van der Waals surface area contributed by atoms with Crippen LogP contribution in [0.5, 0.6) is 0 Å². The average molecular weight is 250 g/mol. The van der Waals surface area contributed by atoms with Gasteiger partial charge in [0, 0.05) is 0 Å². The summed E-state index contributed by atoms with van der Waals surface area (Å²) >= 11 is 0. The molecule has 0 spiro atoms. The van der Waals surface area contributed by atoms with Gasteiger partial charge in [0.25, 0.3) is 0 Å². The first-order chi connectivity index (χ1) is 7.67. The molecule has 1 nitrogen and oxygen atoms in total. The van der Waals surface area contributed by atoms with Gasteiger partial charge in [-0.3, -0.25) is 0 Å². The van der Waals surface area contributed by atoms with Crippen molar-refractivity contribution in [3.63, 3.8) is 0 Å². The van der Waals surface area contributed by atoms with E-state index in [1.807, 2.05) is 0 Å².